The Morgan fingerprint density at radius 3 is 2.13 bits per heavy atom. The molecule has 0 unspecified atom stereocenters. The molecule has 0 amide bonds. The van der Waals surface area contributed by atoms with Gasteiger partial charge in [-0.2, -0.15) is 0 Å². The van der Waals surface area contributed by atoms with Crippen LogP contribution in [0.15, 0.2) is 72.8 Å². The fourth-order valence-corrected chi connectivity index (χ4v) is 3.07. The van der Waals surface area contributed by atoms with Crippen molar-refractivity contribution >= 4 is 10.8 Å². The molecule has 118 valence electrons. The largest absolute Gasteiger partial charge is 0.309 e. The van der Waals surface area contributed by atoms with Gasteiger partial charge in [-0.05, 0) is 36.0 Å². The van der Waals surface area contributed by atoms with Gasteiger partial charge in [0, 0.05) is 12.5 Å². The number of halogens is 1. The summed E-state index contributed by atoms with van der Waals surface area (Å²) < 4.78 is 15.2. The van der Waals surface area contributed by atoms with E-state index in [4.69, 9.17) is 0 Å². The third-order valence-electron chi connectivity index (χ3n) is 4.23. The van der Waals surface area contributed by atoms with Crippen LogP contribution < -0.4 is 0 Å². The molecule has 0 aliphatic heterocycles. The van der Waals surface area contributed by atoms with Gasteiger partial charge in [0.15, 0.2) is 0 Å². The predicted molar refractivity (Wildman–Crippen MR) is 95.5 cm³/mol. The molecule has 0 saturated heterocycles. The first kappa shape index (κ1) is 15.7. The lowest BCUT2D eigenvalue weighted by atomic mass is 9.88. The lowest BCUT2D eigenvalue weighted by molar-refractivity contribution is 0.240. The van der Waals surface area contributed by atoms with E-state index in [0.29, 0.717) is 6.54 Å². The van der Waals surface area contributed by atoms with Crippen molar-refractivity contribution in [1.29, 1.82) is 0 Å². The van der Waals surface area contributed by atoms with Crippen LogP contribution in [0.1, 0.15) is 23.2 Å². The van der Waals surface area contributed by atoms with E-state index < -0.39 is 6.17 Å². The first-order valence-corrected chi connectivity index (χ1v) is 7.97. The highest BCUT2D eigenvalue weighted by molar-refractivity contribution is 5.83. The third-order valence-corrected chi connectivity index (χ3v) is 4.23. The van der Waals surface area contributed by atoms with Crippen LogP contribution in [0.2, 0.25) is 0 Å². The Morgan fingerprint density at radius 2 is 1.43 bits per heavy atom. The quantitative estimate of drug-likeness (QED) is 0.626. The second-order valence-electron chi connectivity index (χ2n) is 6.29. The molecule has 0 N–H and O–H groups in total. The number of benzene rings is 3. The van der Waals surface area contributed by atoms with Crippen LogP contribution >= 0.6 is 0 Å². The molecule has 0 aromatic heterocycles. The topological polar surface area (TPSA) is 3.24 Å². The average molecular weight is 307 g/mol. The molecular weight excluding hydrogens is 285 g/mol. The number of hydrogen-bond acceptors (Lipinski definition) is 1. The average Bonchev–Trinajstić information content (AvgIpc) is 2.59. The van der Waals surface area contributed by atoms with Gasteiger partial charge in [0.1, 0.15) is 6.17 Å². The summed E-state index contributed by atoms with van der Waals surface area (Å²) in [6.45, 7) is 0.675. The van der Waals surface area contributed by atoms with Crippen molar-refractivity contribution in [2.45, 2.75) is 12.1 Å². The van der Waals surface area contributed by atoms with Crippen molar-refractivity contribution in [3.8, 4) is 0 Å². The molecule has 0 saturated carbocycles. The fourth-order valence-electron chi connectivity index (χ4n) is 3.07. The van der Waals surface area contributed by atoms with Crippen LogP contribution in [0.25, 0.3) is 10.8 Å². The predicted octanol–water partition coefficient (Wildman–Crippen LogP) is 5.20. The highest BCUT2D eigenvalue weighted by atomic mass is 19.1. The summed E-state index contributed by atoms with van der Waals surface area (Å²) in [7, 11) is 3.98. The second-order valence-corrected chi connectivity index (χ2v) is 6.29. The number of fused-ring (bicyclic) bond motifs is 1. The molecule has 3 aromatic carbocycles. The number of likely N-dealkylation sites (N-methyl/N-ethyl adjacent to an activating group) is 1. The van der Waals surface area contributed by atoms with Gasteiger partial charge in [-0.3, -0.25) is 0 Å². The van der Waals surface area contributed by atoms with Crippen LogP contribution in [0.3, 0.4) is 0 Å². The van der Waals surface area contributed by atoms with Gasteiger partial charge >= 0.3 is 0 Å². The minimum absolute atomic E-state index is 0.183. The molecule has 3 rings (SSSR count). The van der Waals surface area contributed by atoms with E-state index in [1.54, 1.807) is 0 Å². The normalized spacial score (nSPS) is 14.1. The lowest BCUT2D eigenvalue weighted by Crippen LogP contribution is -2.23. The molecule has 0 bridgehead atoms. The Morgan fingerprint density at radius 1 is 0.783 bits per heavy atom. The Hall–Kier alpha value is -2.19. The van der Waals surface area contributed by atoms with Gasteiger partial charge < -0.3 is 4.90 Å². The SMILES string of the molecule is CN(C)C[C@H](c1ccc2ccccc2c1)[C@@H](F)c1ccccc1. The first-order valence-electron chi connectivity index (χ1n) is 7.97. The zero-order valence-corrected chi connectivity index (χ0v) is 13.6. The number of alkyl halides is 1. The lowest BCUT2D eigenvalue weighted by Gasteiger charge is -2.25. The van der Waals surface area contributed by atoms with E-state index in [9.17, 15) is 0 Å². The minimum Gasteiger partial charge on any atom is -0.309 e. The van der Waals surface area contributed by atoms with Gasteiger partial charge in [-0.15, -0.1) is 0 Å². The fraction of sp³-hybridized carbons (Fsp3) is 0.238. The molecule has 2 heteroatoms. The van der Waals surface area contributed by atoms with Crippen LogP contribution in [0, 0.1) is 0 Å². The van der Waals surface area contributed by atoms with Crippen molar-refractivity contribution in [3.05, 3.63) is 83.9 Å². The minimum atomic E-state index is -1.01. The number of nitrogens with zero attached hydrogens (tertiary/aromatic N) is 1. The standard InChI is InChI=1S/C21H22FN/c1-23(2)15-20(21(22)17-9-4-3-5-10-17)19-13-12-16-8-6-7-11-18(16)14-19/h3-14,20-21H,15H2,1-2H3/t20-,21+/m1/s1. The van der Waals surface area contributed by atoms with Crippen LogP contribution in [-0.4, -0.2) is 25.5 Å². The molecule has 0 aliphatic rings. The molecule has 0 aliphatic carbocycles. The number of hydrogen-bond donors (Lipinski definition) is 0. The molecule has 0 heterocycles. The summed E-state index contributed by atoms with van der Waals surface area (Å²) in [4.78, 5) is 2.05. The van der Waals surface area contributed by atoms with E-state index in [-0.39, 0.29) is 5.92 Å². The van der Waals surface area contributed by atoms with Crippen LogP contribution in [0.4, 0.5) is 4.39 Å². The first-order chi connectivity index (χ1) is 11.1. The second kappa shape index (κ2) is 6.93. The maximum atomic E-state index is 15.2. The third kappa shape index (κ3) is 3.59. The van der Waals surface area contributed by atoms with E-state index in [1.807, 2.05) is 56.6 Å². The molecule has 0 radical (unpaired) electrons. The summed E-state index contributed by atoms with van der Waals surface area (Å²) in [5.74, 6) is -0.183. The van der Waals surface area contributed by atoms with Crippen molar-refractivity contribution < 1.29 is 4.39 Å². The van der Waals surface area contributed by atoms with Crippen molar-refractivity contribution in [2.75, 3.05) is 20.6 Å². The van der Waals surface area contributed by atoms with E-state index in [1.165, 1.54) is 5.39 Å². The van der Waals surface area contributed by atoms with E-state index >= 15 is 4.39 Å². The van der Waals surface area contributed by atoms with Crippen molar-refractivity contribution in [1.82, 2.24) is 4.90 Å². The molecule has 0 spiro atoms. The van der Waals surface area contributed by atoms with Gasteiger partial charge in [0.2, 0.25) is 0 Å². The van der Waals surface area contributed by atoms with E-state index in [0.717, 1.165) is 16.5 Å². The zero-order valence-electron chi connectivity index (χ0n) is 13.6. The summed E-state index contributed by atoms with van der Waals surface area (Å²) in [6, 6.07) is 24.0. The highest BCUT2D eigenvalue weighted by Gasteiger charge is 2.25. The molecule has 0 fully saturated rings. The van der Waals surface area contributed by atoms with Gasteiger partial charge in [0.05, 0.1) is 0 Å². The van der Waals surface area contributed by atoms with E-state index in [2.05, 4.69) is 35.2 Å². The Bertz CT molecular complexity index is 767. The van der Waals surface area contributed by atoms with Crippen LogP contribution in [0.5, 0.6) is 0 Å². The van der Waals surface area contributed by atoms with Crippen molar-refractivity contribution in [2.24, 2.45) is 0 Å². The van der Waals surface area contributed by atoms with Gasteiger partial charge in [0.25, 0.3) is 0 Å². The summed E-state index contributed by atoms with van der Waals surface area (Å²) in [5, 5.41) is 2.35. The Kier molecular flexibility index (Phi) is 4.73. The molecular formula is C21H22FN. The summed E-state index contributed by atoms with van der Waals surface area (Å²) in [5.41, 5.74) is 1.79. The molecule has 1 nitrogen and oxygen atoms in total. The smallest absolute Gasteiger partial charge is 0.133 e. The molecule has 3 aromatic rings. The monoisotopic (exact) mass is 307 g/mol. The zero-order chi connectivity index (χ0) is 16.2. The molecule has 2 atom stereocenters. The van der Waals surface area contributed by atoms with Gasteiger partial charge in [-0.25, -0.2) is 4.39 Å². The molecule has 23 heavy (non-hydrogen) atoms. The Balaban J connectivity index is 2.00. The van der Waals surface area contributed by atoms with Gasteiger partial charge in [-0.1, -0.05) is 72.8 Å². The Labute approximate surface area is 137 Å². The highest BCUT2D eigenvalue weighted by Crippen LogP contribution is 2.35. The maximum Gasteiger partial charge on any atom is 0.133 e. The summed E-state index contributed by atoms with van der Waals surface area (Å²) >= 11 is 0. The van der Waals surface area contributed by atoms with Crippen molar-refractivity contribution in [3.63, 3.8) is 0 Å². The number of rotatable bonds is 5. The maximum absolute atomic E-state index is 15.2. The summed E-state index contributed by atoms with van der Waals surface area (Å²) in [6.07, 6.45) is -1.01. The van der Waals surface area contributed by atoms with Crippen LogP contribution in [-0.2, 0) is 0 Å².